The molecule has 1 aromatic carbocycles. The first kappa shape index (κ1) is 14.5. The van der Waals surface area contributed by atoms with Gasteiger partial charge in [0.15, 0.2) is 11.5 Å². The van der Waals surface area contributed by atoms with Crippen LogP contribution in [0.2, 0.25) is 0 Å². The highest BCUT2D eigenvalue weighted by atomic mass is 16.3. The van der Waals surface area contributed by atoms with Crippen molar-refractivity contribution in [2.75, 3.05) is 5.32 Å². The van der Waals surface area contributed by atoms with E-state index in [2.05, 4.69) is 10.3 Å². The zero-order valence-electron chi connectivity index (χ0n) is 12.2. The molecule has 0 unspecified atom stereocenters. The topological polar surface area (TPSA) is 81.2 Å². The molecule has 0 aliphatic rings. The summed E-state index contributed by atoms with van der Waals surface area (Å²) in [7, 11) is 0. The number of hydrogen-bond acceptors (Lipinski definition) is 4. The normalized spacial score (nSPS) is 11.8. The number of rotatable bonds is 5. The van der Waals surface area contributed by atoms with Gasteiger partial charge in [-0.1, -0.05) is 6.92 Å². The van der Waals surface area contributed by atoms with Crippen molar-refractivity contribution < 1.29 is 9.21 Å². The van der Waals surface area contributed by atoms with Gasteiger partial charge in [0.05, 0.1) is 0 Å². The Morgan fingerprint density at radius 1 is 1.45 bits per heavy atom. The number of amides is 1. The molecule has 0 bridgehead atoms. The smallest absolute Gasteiger partial charge is 0.224 e. The number of anilines is 1. The molecule has 108 valence electrons. The third kappa shape index (κ3) is 3.81. The monoisotopic (exact) mass is 275 g/mol. The van der Waals surface area contributed by atoms with Crippen LogP contribution in [0.25, 0.3) is 11.1 Å². The molecular weight excluding hydrogens is 254 g/mol. The van der Waals surface area contributed by atoms with Crippen molar-refractivity contribution in [2.24, 2.45) is 5.73 Å². The lowest BCUT2D eigenvalue weighted by molar-refractivity contribution is -0.116. The maximum Gasteiger partial charge on any atom is 0.224 e. The second-order valence-corrected chi connectivity index (χ2v) is 5.68. The molecule has 2 aromatic rings. The molecule has 3 N–H and O–H groups in total. The zero-order valence-corrected chi connectivity index (χ0v) is 12.2. The quantitative estimate of drug-likeness (QED) is 0.879. The summed E-state index contributed by atoms with van der Waals surface area (Å²) in [5.41, 5.74) is 7.77. The van der Waals surface area contributed by atoms with E-state index in [0.29, 0.717) is 18.7 Å². The molecule has 0 aliphatic heterocycles. The summed E-state index contributed by atoms with van der Waals surface area (Å²) < 4.78 is 5.53. The summed E-state index contributed by atoms with van der Waals surface area (Å²) in [4.78, 5) is 16.2. The number of nitrogens with one attached hydrogen (secondary N) is 1. The highest BCUT2D eigenvalue weighted by Gasteiger charge is 2.13. The predicted molar refractivity (Wildman–Crippen MR) is 79.5 cm³/mol. The second kappa shape index (κ2) is 5.63. The van der Waals surface area contributed by atoms with Gasteiger partial charge < -0.3 is 15.5 Å². The van der Waals surface area contributed by atoms with Crippen LogP contribution in [-0.4, -0.2) is 16.4 Å². The van der Waals surface area contributed by atoms with Gasteiger partial charge in [-0.2, -0.15) is 0 Å². The molecule has 5 nitrogen and oxygen atoms in total. The Balaban J connectivity index is 2.04. The standard InChI is InChI=1S/C15H21N3O2/c1-4-14-18-11-9-10(5-6-12(11)20-14)17-13(19)7-8-15(2,3)16/h5-6,9H,4,7-8,16H2,1-3H3,(H,17,19). The van der Waals surface area contributed by atoms with Crippen LogP contribution in [0.15, 0.2) is 22.6 Å². The Bertz CT molecular complexity index is 611. The molecule has 0 saturated carbocycles. The van der Waals surface area contributed by atoms with Gasteiger partial charge in [0.1, 0.15) is 5.52 Å². The maximum absolute atomic E-state index is 11.8. The molecule has 0 saturated heterocycles. The third-order valence-corrected chi connectivity index (χ3v) is 3.01. The molecule has 0 spiro atoms. The molecule has 5 heteroatoms. The van der Waals surface area contributed by atoms with Crippen LogP contribution >= 0.6 is 0 Å². The highest BCUT2D eigenvalue weighted by molar-refractivity contribution is 5.92. The predicted octanol–water partition coefficient (Wildman–Crippen LogP) is 2.85. The van der Waals surface area contributed by atoms with Gasteiger partial charge in [0, 0.05) is 24.1 Å². The number of oxazole rings is 1. The number of aryl methyl sites for hydroxylation is 1. The van der Waals surface area contributed by atoms with Crippen molar-refractivity contribution >= 4 is 22.7 Å². The van der Waals surface area contributed by atoms with Crippen LogP contribution < -0.4 is 11.1 Å². The fourth-order valence-corrected chi connectivity index (χ4v) is 1.86. The SMILES string of the molecule is CCc1nc2cc(NC(=O)CCC(C)(C)N)ccc2o1. The summed E-state index contributed by atoms with van der Waals surface area (Å²) in [6.07, 6.45) is 1.80. The molecule has 1 heterocycles. The van der Waals surface area contributed by atoms with Crippen LogP contribution in [0.5, 0.6) is 0 Å². The van der Waals surface area contributed by atoms with E-state index in [1.165, 1.54) is 0 Å². The van der Waals surface area contributed by atoms with E-state index in [9.17, 15) is 4.79 Å². The molecule has 1 aromatic heterocycles. The van der Waals surface area contributed by atoms with Crippen LogP contribution in [0.3, 0.4) is 0 Å². The fourth-order valence-electron chi connectivity index (χ4n) is 1.86. The number of aromatic nitrogens is 1. The average Bonchev–Trinajstić information content (AvgIpc) is 2.78. The van der Waals surface area contributed by atoms with Crippen molar-refractivity contribution in [3.8, 4) is 0 Å². The van der Waals surface area contributed by atoms with E-state index in [-0.39, 0.29) is 11.4 Å². The van der Waals surface area contributed by atoms with Crippen molar-refractivity contribution in [3.63, 3.8) is 0 Å². The van der Waals surface area contributed by atoms with Crippen LogP contribution in [0.4, 0.5) is 5.69 Å². The van der Waals surface area contributed by atoms with Crippen LogP contribution in [-0.2, 0) is 11.2 Å². The molecule has 0 fully saturated rings. The second-order valence-electron chi connectivity index (χ2n) is 5.68. The third-order valence-electron chi connectivity index (χ3n) is 3.01. The van der Waals surface area contributed by atoms with Gasteiger partial charge in [0.2, 0.25) is 5.91 Å². The Kier molecular flexibility index (Phi) is 4.09. The molecule has 0 atom stereocenters. The van der Waals surface area contributed by atoms with E-state index in [1.54, 1.807) is 0 Å². The average molecular weight is 275 g/mol. The number of fused-ring (bicyclic) bond motifs is 1. The van der Waals surface area contributed by atoms with E-state index in [0.717, 1.165) is 23.2 Å². The molecular formula is C15H21N3O2. The number of carbonyl (C=O) groups excluding carboxylic acids is 1. The van der Waals surface area contributed by atoms with Crippen molar-refractivity contribution in [1.29, 1.82) is 0 Å². The minimum absolute atomic E-state index is 0.0397. The first-order valence-electron chi connectivity index (χ1n) is 6.85. The van der Waals surface area contributed by atoms with Crippen LogP contribution in [0.1, 0.15) is 39.5 Å². The molecule has 0 aliphatic carbocycles. The van der Waals surface area contributed by atoms with E-state index >= 15 is 0 Å². The lowest BCUT2D eigenvalue weighted by Gasteiger charge is -2.17. The Morgan fingerprint density at radius 2 is 2.20 bits per heavy atom. The van der Waals surface area contributed by atoms with E-state index in [1.807, 2.05) is 39.0 Å². The van der Waals surface area contributed by atoms with Gasteiger partial charge in [-0.25, -0.2) is 4.98 Å². The number of nitrogens with two attached hydrogens (primary N) is 1. The number of carbonyl (C=O) groups is 1. The molecule has 0 radical (unpaired) electrons. The van der Waals surface area contributed by atoms with Crippen molar-refractivity contribution in [3.05, 3.63) is 24.1 Å². The first-order valence-corrected chi connectivity index (χ1v) is 6.85. The Morgan fingerprint density at radius 3 is 2.85 bits per heavy atom. The lowest BCUT2D eigenvalue weighted by Crippen LogP contribution is -2.33. The summed E-state index contributed by atoms with van der Waals surface area (Å²) in [6, 6.07) is 5.46. The molecule has 2 rings (SSSR count). The Hall–Kier alpha value is -1.88. The minimum atomic E-state index is -0.330. The minimum Gasteiger partial charge on any atom is -0.441 e. The van der Waals surface area contributed by atoms with E-state index in [4.69, 9.17) is 10.2 Å². The number of nitrogens with zero attached hydrogens (tertiary/aromatic N) is 1. The summed E-state index contributed by atoms with van der Waals surface area (Å²) in [6.45, 7) is 5.81. The van der Waals surface area contributed by atoms with Crippen molar-refractivity contribution in [1.82, 2.24) is 4.98 Å². The summed E-state index contributed by atoms with van der Waals surface area (Å²) in [5.74, 6) is 0.662. The highest BCUT2D eigenvalue weighted by Crippen LogP contribution is 2.20. The van der Waals surface area contributed by atoms with E-state index < -0.39 is 0 Å². The number of benzene rings is 1. The Labute approximate surface area is 118 Å². The molecule has 20 heavy (non-hydrogen) atoms. The largest absolute Gasteiger partial charge is 0.441 e. The van der Waals surface area contributed by atoms with Crippen LogP contribution in [0, 0.1) is 0 Å². The summed E-state index contributed by atoms with van der Waals surface area (Å²) >= 11 is 0. The van der Waals surface area contributed by atoms with Gasteiger partial charge in [-0.05, 0) is 38.5 Å². The van der Waals surface area contributed by atoms with Gasteiger partial charge in [-0.3, -0.25) is 4.79 Å². The molecule has 1 amide bonds. The van der Waals surface area contributed by atoms with Gasteiger partial charge >= 0.3 is 0 Å². The summed E-state index contributed by atoms with van der Waals surface area (Å²) in [5, 5.41) is 2.86. The first-order chi connectivity index (χ1) is 9.37. The van der Waals surface area contributed by atoms with Gasteiger partial charge in [0.25, 0.3) is 0 Å². The van der Waals surface area contributed by atoms with Crippen molar-refractivity contribution in [2.45, 2.75) is 45.6 Å². The fraction of sp³-hybridized carbons (Fsp3) is 0.467. The lowest BCUT2D eigenvalue weighted by atomic mass is 10.00. The number of hydrogen-bond donors (Lipinski definition) is 2. The van der Waals surface area contributed by atoms with Gasteiger partial charge in [-0.15, -0.1) is 0 Å². The zero-order chi connectivity index (χ0) is 14.8. The maximum atomic E-state index is 11.8.